The molecule has 2 heterocycles. The summed E-state index contributed by atoms with van der Waals surface area (Å²) in [4.78, 5) is 8.14. The van der Waals surface area contributed by atoms with Crippen LogP contribution in [0.3, 0.4) is 0 Å². The van der Waals surface area contributed by atoms with Gasteiger partial charge in [-0.2, -0.15) is 0 Å². The Balaban J connectivity index is 2.29. The first-order valence-electron chi connectivity index (χ1n) is 4.66. The van der Waals surface area contributed by atoms with Crippen molar-refractivity contribution in [1.29, 1.82) is 0 Å². The Morgan fingerprint density at radius 1 is 1.00 bits per heavy atom. The number of aromatic nitrogens is 2. The van der Waals surface area contributed by atoms with Gasteiger partial charge in [-0.1, -0.05) is 6.07 Å². The van der Waals surface area contributed by atoms with Crippen molar-refractivity contribution in [3.8, 4) is 0 Å². The molecule has 76 valence electrons. The highest BCUT2D eigenvalue weighted by Crippen LogP contribution is 2.19. The average Bonchev–Trinajstić information content (AvgIpc) is 2.26. The van der Waals surface area contributed by atoms with Crippen LogP contribution in [0.5, 0.6) is 0 Å². The van der Waals surface area contributed by atoms with Gasteiger partial charge in [-0.25, -0.2) is 4.98 Å². The van der Waals surface area contributed by atoms with E-state index >= 15 is 0 Å². The topological polar surface area (TPSA) is 77.8 Å². The lowest BCUT2D eigenvalue weighted by Gasteiger charge is -2.06. The molecule has 2 aromatic heterocycles. The van der Waals surface area contributed by atoms with Crippen LogP contribution in [0, 0.1) is 0 Å². The van der Waals surface area contributed by atoms with Crippen molar-refractivity contribution in [1.82, 2.24) is 9.97 Å². The minimum Gasteiger partial charge on any atom is -0.396 e. The van der Waals surface area contributed by atoms with Crippen LogP contribution in [0.15, 0.2) is 36.7 Å². The summed E-state index contributed by atoms with van der Waals surface area (Å²) in [5, 5.41) is 0. The van der Waals surface area contributed by atoms with Crippen molar-refractivity contribution >= 4 is 11.5 Å². The van der Waals surface area contributed by atoms with Gasteiger partial charge in [0.2, 0.25) is 0 Å². The Kier molecular flexibility index (Phi) is 2.49. The molecule has 0 fully saturated rings. The highest BCUT2D eigenvalue weighted by Gasteiger charge is 2.04. The van der Waals surface area contributed by atoms with Gasteiger partial charge in [0.1, 0.15) is 5.82 Å². The van der Waals surface area contributed by atoms with E-state index in [9.17, 15) is 0 Å². The normalized spacial score (nSPS) is 10.1. The van der Waals surface area contributed by atoms with Crippen molar-refractivity contribution in [2.45, 2.75) is 6.42 Å². The Morgan fingerprint density at radius 2 is 1.87 bits per heavy atom. The van der Waals surface area contributed by atoms with Crippen LogP contribution in [-0.4, -0.2) is 9.97 Å². The summed E-state index contributed by atoms with van der Waals surface area (Å²) >= 11 is 0. The van der Waals surface area contributed by atoms with Crippen molar-refractivity contribution in [2.75, 3.05) is 11.5 Å². The summed E-state index contributed by atoms with van der Waals surface area (Å²) < 4.78 is 0. The quantitative estimate of drug-likeness (QED) is 0.764. The van der Waals surface area contributed by atoms with E-state index < -0.39 is 0 Å². The van der Waals surface area contributed by atoms with E-state index in [1.54, 1.807) is 12.4 Å². The highest BCUT2D eigenvalue weighted by atomic mass is 14.9. The number of hydrogen-bond donors (Lipinski definition) is 2. The van der Waals surface area contributed by atoms with E-state index in [-0.39, 0.29) is 0 Å². The van der Waals surface area contributed by atoms with Gasteiger partial charge >= 0.3 is 0 Å². The van der Waals surface area contributed by atoms with E-state index in [0.717, 1.165) is 11.3 Å². The maximum absolute atomic E-state index is 5.82. The molecule has 0 aliphatic rings. The zero-order valence-corrected chi connectivity index (χ0v) is 8.22. The Hall–Kier alpha value is -2.10. The Bertz CT molecular complexity index is 453. The smallest absolute Gasteiger partial charge is 0.146 e. The maximum atomic E-state index is 5.82. The van der Waals surface area contributed by atoms with Crippen LogP contribution in [-0.2, 0) is 6.42 Å². The molecule has 4 heteroatoms. The first-order chi connectivity index (χ1) is 7.27. The number of rotatable bonds is 2. The van der Waals surface area contributed by atoms with Crippen molar-refractivity contribution in [2.24, 2.45) is 0 Å². The number of hydrogen-bond acceptors (Lipinski definition) is 4. The van der Waals surface area contributed by atoms with E-state index in [1.807, 2.05) is 24.3 Å². The lowest BCUT2D eigenvalue weighted by atomic mass is 10.1. The second-order valence-electron chi connectivity index (χ2n) is 3.27. The third-order valence-corrected chi connectivity index (χ3v) is 2.21. The SMILES string of the molecule is Nc1nccc(Cc2ccccn2)c1N. The van der Waals surface area contributed by atoms with Crippen molar-refractivity contribution in [3.63, 3.8) is 0 Å². The second kappa shape index (κ2) is 3.96. The van der Waals surface area contributed by atoms with Gasteiger partial charge in [0.05, 0.1) is 5.69 Å². The number of anilines is 2. The lowest BCUT2D eigenvalue weighted by molar-refractivity contribution is 1.07. The summed E-state index contributed by atoms with van der Waals surface area (Å²) in [6, 6.07) is 7.65. The maximum Gasteiger partial charge on any atom is 0.146 e. The van der Waals surface area contributed by atoms with E-state index in [4.69, 9.17) is 11.5 Å². The fraction of sp³-hybridized carbons (Fsp3) is 0.0909. The molecule has 0 saturated carbocycles. The van der Waals surface area contributed by atoms with Gasteiger partial charge in [0.15, 0.2) is 0 Å². The van der Waals surface area contributed by atoms with Gasteiger partial charge in [0, 0.05) is 24.5 Å². The van der Waals surface area contributed by atoms with Crippen LogP contribution in [0.2, 0.25) is 0 Å². The molecule has 0 unspecified atom stereocenters. The molecule has 0 atom stereocenters. The molecule has 0 spiro atoms. The van der Waals surface area contributed by atoms with Crippen LogP contribution in [0.4, 0.5) is 11.5 Å². The molecule has 0 aromatic carbocycles. The molecule has 0 bridgehead atoms. The molecule has 2 aromatic rings. The predicted octanol–water partition coefficient (Wildman–Crippen LogP) is 1.23. The minimum atomic E-state index is 0.378. The summed E-state index contributed by atoms with van der Waals surface area (Å²) in [5.41, 5.74) is 13.9. The molecule has 4 nitrogen and oxygen atoms in total. The Morgan fingerprint density at radius 3 is 2.60 bits per heavy atom. The fourth-order valence-corrected chi connectivity index (χ4v) is 1.38. The number of nitrogens with zero attached hydrogens (tertiary/aromatic N) is 2. The second-order valence-corrected chi connectivity index (χ2v) is 3.27. The van der Waals surface area contributed by atoms with E-state index in [0.29, 0.717) is 17.9 Å². The number of pyridine rings is 2. The molecule has 15 heavy (non-hydrogen) atoms. The zero-order valence-electron chi connectivity index (χ0n) is 8.22. The van der Waals surface area contributed by atoms with Gasteiger partial charge in [-0.3, -0.25) is 4.98 Å². The van der Waals surface area contributed by atoms with Crippen LogP contribution >= 0.6 is 0 Å². The summed E-state index contributed by atoms with van der Waals surface area (Å²) in [7, 11) is 0. The van der Waals surface area contributed by atoms with Crippen molar-refractivity contribution < 1.29 is 0 Å². The molecule has 0 aliphatic carbocycles. The summed E-state index contributed by atoms with van der Waals surface area (Å²) in [5.74, 6) is 0.378. The van der Waals surface area contributed by atoms with Crippen LogP contribution in [0.1, 0.15) is 11.3 Å². The van der Waals surface area contributed by atoms with Gasteiger partial charge in [0.25, 0.3) is 0 Å². The molecular weight excluding hydrogens is 188 g/mol. The Labute approximate surface area is 88.0 Å². The fourth-order valence-electron chi connectivity index (χ4n) is 1.38. The summed E-state index contributed by atoms with van der Waals surface area (Å²) in [6.07, 6.45) is 4.10. The molecular formula is C11H12N4. The van der Waals surface area contributed by atoms with Gasteiger partial charge in [-0.05, 0) is 23.8 Å². The molecule has 4 N–H and O–H groups in total. The lowest BCUT2D eigenvalue weighted by Crippen LogP contribution is -2.03. The van der Waals surface area contributed by atoms with Crippen LogP contribution < -0.4 is 11.5 Å². The average molecular weight is 200 g/mol. The third kappa shape index (κ3) is 2.04. The molecule has 0 aliphatic heterocycles. The molecule has 2 rings (SSSR count). The summed E-state index contributed by atoms with van der Waals surface area (Å²) in [6.45, 7) is 0. The van der Waals surface area contributed by atoms with E-state index in [2.05, 4.69) is 9.97 Å². The highest BCUT2D eigenvalue weighted by molar-refractivity contribution is 5.63. The minimum absolute atomic E-state index is 0.378. The first-order valence-corrected chi connectivity index (χ1v) is 4.66. The van der Waals surface area contributed by atoms with Gasteiger partial charge < -0.3 is 11.5 Å². The third-order valence-electron chi connectivity index (χ3n) is 2.21. The zero-order chi connectivity index (χ0) is 10.7. The van der Waals surface area contributed by atoms with Gasteiger partial charge in [-0.15, -0.1) is 0 Å². The molecule has 0 radical (unpaired) electrons. The monoisotopic (exact) mass is 200 g/mol. The standard InChI is InChI=1S/C11H12N4/c12-10-8(4-6-15-11(10)13)7-9-3-1-2-5-14-9/h1-6H,7,12H2,(H2,13,15). The van der Waals surface area contributed by atoms with E-state index in [1.165, 1.54) is 0 Å². The largest absolute Gasteiger partial charge is 0.396 e. The van der Waals surface area contributed by atoms with Crippen molar-refractivity contribution in [3.05, 3.63) is 47.9 Å². The first kappa shape index (κ1) is 9.45. The number of nitrogens with two attached hydrogens (primary N) is 2. The molecule has 0 saturated heterocycles. The van der Waals surface area contributed by atoms with Crippen LogP contribution in [0.25, 0.3) is 0 Å². The molecule has 0 amide bonds. The predicted molar refractivity (Wildman–Crippen MR) is 60.1 cm³/mol. The number of nitrogen functional groups attached to an aromatic ring is 2.